The van der Waals surface area contributed by atoms with Crippen LogP contribution in [0.4, 0.5) is 0 Å². The molecule has 0 saturated carbocycles. The van der Waals surface area contributed by atoms with Crippen LogP contribution in [0.2, 0.25) is 0 Å². The average molecular weight is 296 g/mol. The summed E-state index contributed by atoms with van der Waals surface area (Å²) >= 11 is 0. The van der Waals surface area contributed by atoms with Crippen molar-refractivity contribution in [2.75, 3.05) is 52.9 Å². The van der Waals surface area contributed by atoms with Crippen molar-refractivity contribution in [3.05, 3.63) is 0 Å². The van der Waals surface area contributed by atoms with Crippen LogP contribution >= 0.6 is 0 Å². The highest BCUT2D eigenvalue weighted by Crippen LogP contribution is 1.99. The second-order valence-electron chi connectivity index (χ2n) is 5.29. The molecule has 5 nitrogen and oxygen atoms in total. The summed E-state index contributed by atoms with van der Waals surface area (Å²) in [6.45, 7) is 13.2. The number of nitriles is 1. The van der Waals surface area contributed by atoms with Gasteiger partial charge in [-0.2, -0.15) is 5.26 Å². The fourth-order valence-electron chi connectivity index (χ4n) is 2.27. The van der Waals surface area contributed by atoms with E-state index in [4.69, 9.17) is 5.26 Å². The van der Waals surface area contributed by atoms with Crippen molar-refractivity contribution in [2.45, 2.75) is 40.0 Å². The summed E-state index contributed by atoms with van der Waals surface area (Å²) in [5, 5.41) is 8.54. The maximum Gasteiger partial charge on any atom is 0.223 e. The zero-order valence-corrected chi connectivity index (χ0v) is 14.3. The van der Waals surface area contributed by atoms with E-state index in [0.29, 0.717) is 19.4 Å². The van der Waals surface area contributed by atoms with Crippen LogP contribution in [0.1, 0.15) is 40.0 Å². The van der Waals surface area contributed by atoms with Crippen molar-refractivity contribution < 1.29 is 4.79 Å². The predicted molar refractivity (Wildman–Crippen MR) is 87.0 cm³/mol. The molecule has 0 bridgehead atoms. The number of rotatable bonds is 12. The largest absolute Gasteiger partial charge is 0.345 e. The lowest BCUT2D eigenvalue weighted by molar-refractivity contribution is -0.130. The van der Waals surface area contributed by atoms with Gasteiger partial charge in [0, 0.05) is 26.6 Å². The fraction of sp³-hybridized carbons (Fsp3) is 0.875. The lowest BCUT2D eigenvalue weighted by atomic mass is 10.3. The van der Waals surface area contributed by atoms with E-state index < -0.39 is 0 Å². The normalized spacial score (nSPS) is 10.9. The Balaban J connectivity index is 3.93. The number of hydrogen-bond acceptors (Lipinski definition) is 4. The molecule has 0 atom stereocenters. The third-order valence-corrected chi connectivity index (χ3v) is 3.92. The summed E-state index contributed by atoms with van der Waals surface area (Å²) in [6, 6.07) is 2.07. The molecule has 0 aliphatic rings. The van der Waals surface area contributed by atoms with Gasteiger partial charge >= 0.3 is 0 Å². The first kappa shape index (κ1) is 19.9. The minimum absolute atomic E-state index is 0.132. The number of carbonyl (C=O) groups excluding carboxylic acids is 1. The highest BCUT2D eigenvalue weighted by atomic mass is 16.2. The highest BCUT2D eigenvalue weighted by molar-refractivity contribution is 5.76. The van der Waals surface area contributed by atoms with Crippen LogP contribution in [0.5, 0.6) is 0 Å². The predicted octanol–water partition coefficient (Wildman–Crippen LogP) is 1.80. The van der Waals surface area contributed by atoms with Crippen molar-refractivity contribution in [1.82, 2.24) is 14.7 Å². The minimum atomic E-state index is 0.132. The summed E-state index contributed by atoms with van der Waals surface area (Å²) in [5.41, 5.74) is 0. The van der Waals surface area contributed by atoms with Crippen molar-refractivity contribution in [2.24, 2.45) is 0 Å². The molecule has 0 aromatic carbocycles. The van der Waals surface area contributed by atoms with E-state index in [1.807, 2.05) is 0 Å². The third-order valence-electron chi connectivity index (χ3n) is 3.92. The van der Waals surface area contributed by atoms with Gasteiger partial charge in [-0.1, -0.05) is 20.8 Å². The van der Waals surface area contributed by atoms with Gasteiger partial charge in [0.1, 0.15) is 0 Å². The zero-order valence-electron chi connectivity index (χ0n) is 14.3. The quantitative estimate of drug-likeness (QED) is 0.551. The first-order valence-electron chi connectivity index (χ1n) is 8.14. The molecule has 0 aliphatic heterocycles. The summed E-state index contributed by atoms with van der Waals surface area (Å²) in [5.74, 6) is 0.132. The van der Waals surface area contributed by atoms with E-state index in [1.54, 1.807) is 11.9 Å². The summed E-state index contributed by atoms with van der Waals surface area (Å²) in [4.78, 5) is 18.3. The molecule has 0 radical (unpaired) electrons. The van der Waals surface area contributed by atoms with Crippen LogP contribution in [0, 0.1) is 11.3 Å². The summed E-state index contributed by atoms with van der Waals surface area (Å²) < 4.78 is 0. The molecule has 0 rings (SSSR count). The molecule has 0 spiro atoms. The summed E-state index contributed by atoms with van der Waals surface area (Å²) in [6.07, 6.45) is 2.10. The van der Waals surface area contributed by atoms with Crippen LogP contribution in [-0.4, -0.2) is 73.5 Å². The third kappa shape index (κ3) is 9.43. The van der Waals surface area contributed by atoms with Gasteiger partial charge in [-0.3, -0.25) is 4.79 Å². The Morgan fingerprint density at radius 3 is 2.05 bits per heavy atom. The van der Waals surface area contributed by atoms with Crippen molar-refractivity contribution >= 4 is 5.91 Å². The molecule has 21 heavy (non-hydrogen) atoms. The number of amides is 1. The molecule has 0 aromatic heterocycles. The zero-order chi connectivity index (χ0) is 16.1. The van der Waals surface area contributed by atoms with Crippen LogP contribution in [0.3, 0.4) is 0 Å². The molecule has 0 aliphatic carbocycles. The lowest BCUT2D eigenvalue weighted by Crippen LogP contribution is -2.34. The molecule has 0 N–H and O–H groups in total. The van der Waals surface area contributed by atoms with E-state index in [0.717, 1.165) is 45.7 Å². The second kappa shape index (κ2) is 12.6. The van der Waals surface area contributed by atoms with Crippen LogP contribution in [-0.2, 0) is 4.79 Å². The van der Waals surface area contributed by atoms with E-state index in [9.17, 15) is 4.79 Å². The molecule has 0 saturated heterocycles. The van der Waals surface area contributed by atoms with Gasteiger partial charge in [-0.25, -0.2) is 0 Å². The van der Waals surface area contributed by atoms with Crippen LogP contribution in [0.15, 0.2) is 0 Å². The van der Waals surface area contributed by atoms with Gasteiger partial charge in [-0.05, 0) is 39.1 Å². The Bertz CT molecular complexity index is 310. The van der Waals surface area contributed by atoms with Crippen molar-refractivity contribution in [3.8, 4) is 6.07 Å². The van der Waals surface area contributed by atoms with Gasteiger partial charge in [-0.15, -0.1) is 0 Å². The van der Waals surface area contributed by atoms with Gasteiger partial charge in [0.25, 0.3) is 0 Å². The highest BCUT2D eigenvalue weighted by Gasteiger charge is 2.11. The molecule has 0 heterocycles. The van der Waals surface area contributed by atoms with E-state index in [1.165, 1.54) is 0 Å². The fourth-order valence-corrected chi connectivity index (χ4v) is 2.27. The van der Waals surface area contributed by atoms with E-state index in [2.05, 4.69) is 36.6 Å². The number of carbonyl (C=O) groups is 1. The SMILES string of the molecule is CCN(CC)CCCN(CC)CCC(=O)N(C)CCC#N. The monoisotopic (exact) mass is 296 g/mol. The van der Waals surface area contributed by atoms with Crippen LogP contribution in [0.25, 0.3) is 0 Å². The lowest BCUT2D eigenvalue weighted by Gasteiger charge is -2.24. The smallest absolute Gasteiger partial charge is 0.223 e. The molecule has 1 amide bonds. The molecule has 0 aromatic rings. The number of nitrogens with zero attached hydrogens (tertiary/aromatic N) is 4. The van der Waals surface area contributed by atoms with E-state index >= 15 is 0 Å². The van der Waals surface area contributed by atoms with Crippen LogP contribution < -0.4 is 0 Å². The van der Waals surface area contributed by atoms with Gasteiger partial charge < -0.3 is 14.7 Å². The first-order chi connectivity index (χ1) is 10.1. The Hall–Kier alpha value is -1.12. The molecule has 5 heteroatoms. The first-order valence-corrected chi connectivity index (χ1v) is 8.14. The Morgan fingerprint density at radius 1 is 0.952 bits per heavy atom. The molecular weight excluding hydrogens is 264 g/mol. The second-order valence-corrected chi connectivity index (χ2v) is 5.29. The summed E-state index contributed by atoms with van der Waals surface area (Å²) in [7, 11) is 1.77. The van der Waals surface area contributed by atoms with Gasteiger partial charge in [0.05, 0.1) is 12.5 Å². The molecule has 0 unspecified atom stereocenters. The Labute approximate surface area is 130 Å². The Morgan fingerprint density at radius 2 is 1.52 bits per heavy atom. The van der Waals surface area contributed by atoms with Gasteiger partial charge in [0.2, 0.25) is 5.91 Å². The maximum absolute atomic E-state index is 11.9. The minimum Gasteiger partial charge on any atom is -0.345 e. The topological polar surface area (TPSA) is 50.6 Å². The standard InChI is InChI=1S/C16H32N4O/c1-5-19(6-2)13-9-14-20(7-3)15-10-16(21)18(4)12-8-11-17/h5-10,12-15H2,1-4H3. The number of hydrogen-bond donors (Lipinski definition) is 0. The van der Waals surface area contributed by atoms with Crippen molar-refractivity contribution in [1.29, 1.82) is 5.26 Å². The maximum atomic E-state index is 11.9. The molecule has 0 fully saturated rings. The van der Waals surface area contributed by atoms with E-state index in [-0.39, 0.29) is 5.91 Å². The molecule has 122 valence electrons. The average Bonchev–Trinajstić information content (AvgIpc) is 2.51. The van der Waals surface area contributed by atoms with Crippen molar-refractivity contribution in [3.63, 3.8) is 0 Å². The molecular formula is C16H32N4O. The Kier molecular flexibility index (Phi) is 11.9. The van der Waals surface area contributed by atoms with Gasteiger partial charge in [0.15, 0.2) is 0 Å².